The zero-order chi connectivity index (χ0) is 17.0. The van der Waals surface area contributed by atoms with E-state index in [0.717, 1.165) is 36.2 Å². The Labute approximate surface area is 138 Å². The van der Waals surface area contributed by atoms with Crippen molar-refractivity contribution < 1.29 is 8.42 Å². The van der Waals surface area contributed by atoms with E-state index < -0.39 is 10.0 Å². The number of nitrogens with zero attached hydrogens (tertiary/aromatic N) is 2. The third kappa shape index (κ3) is 4.20. The predicted octanol–water partition coefficient (Wildman–Crippen LogP) is 3.20. The molecule has 0 bridgehead atoms. The Morgan fingerprint density at radius 2 is 1.87 bits per heavy atom. The number of aromatic nitrogens is 2. The molecule has 0 radical (unpaired) electrons. The summed E-state index contributed by atoms with van der Waals surface area (Å²) in [4.78, 5) is 0.296. The lowest BCUT2D eigenvalue weighted by Crippen LogP contribution is -2.27. The Morgan fingerprint density at radius 1 is 1.22 bits per heavy atom. The van der Waals surface area contributed by atoms with Crippen LogP contribution in [0.2, 0.25) is 0 Å². The van der Waals surface area contributed by atoms with Crippen molar-refractivity contribution in [2.45, 2.75) is 58.0 Å². The Balaban J connectivity index is 2.17. The minimum atomic E-state index is -3.54. The SMILES string of the molecule is CCCc1ccc(S(=O)(=O)NC(C)c2cn(CC)nc2C)cc1. The number of hydrogen-bond acceptors (Lipinski definition) is 3. The number of nitrogens with one attached hydrogen (secondary N) is 1. The van der Waals surface area contributed by atoms with E-state index in [9.17, 15) is 8.42 Å². The number of benzene rings is 1. The molecule has 0 fully saturated rings. The number of rotatable bonds is 7. The van der Waals surface area contributed by atoms with Crippen LogP contribution in [-0.2, 0) is 23.0 Å². The average molecular weight is 335 g/mol. The lowest BCUT2D eigenvalue weighted by Gasteiger charge is -2.14. The second kappa shape index (κ2) is 7.27. The van der Waals surface area contributed by atoms with Gasteiger partial charge in [-0.2, -0.15) is 5.10 Å². The summed E-state index contributed by atoms with van der Waals surface area (Å²) in [6, 6.07) is 6.77. The van der Waals surface area contributed by atoms with Crippen molar-refractivity contribution in [1.29, 1.82) is 0 Å². The van der Waals surface area contributed by atoms with E-state index in [4.69, 9.17) is 0 Å². The van der Waals surface area contributed by atoms with Crippen LogP contribution in [0.3, 0.4) is 0 Å². The van der Waals surface area contributed by atoms with E-state index in [1.165, 1.54) is 0 Å². The van der Waals surface area contributed by atoms with E-state index in [2.05, 4.69) is 16.7 Å². The van der Waals surface area contributed by atoms with Gasteiger partial charge in [0.1, 0.15) is 0 Å². The van der Waals surface area contributed by atoms with Crippen LogP contribution < -0.4 is 4.72 Å². The molecule has 126 valence electrons. The van der Waals surface area contributed by atoms with Crippen LogP contribution in [0.15, 0.2) is 35.4 Å². The topological polar surface area (TPSA) is 64.0 Å². The summed E-state index contributed by atoms with van der Waals surface area (Å²) in [6.07, 6.45) is 3.90. The van der Waals surface area contributed by atoms with E-state index >= 15 is 0 Å². The maximum absolute atomic E-state index is 12.5. The Bertz CT molecular complexity index is 749. The van der Waals surface area contributed by atoms with Gasteiger partial charge in [-0.3, -0.25) is 4.68 Å². The van der Waals surface area contributed by atoms with Crippen LogP contribution in [-0.4, -0.2) is 18.2 Å². The Morgan fingerprint density at radius 3 is 2.39 bits per heavy atom. The zero-order valence-corrected chi connectivity index (χ0v) is 15.0. The monoisotopic (exact) mass is 335 g/mol. The van der Waals surface area contributed by atoms with Gasteiger partial charge in [0.2, 0.25) is 10.0 Å². The minimum absolute atomic E-state index is 0.296. The highest BCUT2D eigenvalue weighted by Crippen LogP contribution is 2.20. The van der Waals surface area contributed by atoms with E-state index in [0.29, 0.717) is 4.90 Å². The maximum Gasteiger partial charge on any atom is 0.241 e. The van der Waals surface area contributed by atoms with E-state index in [1.807, 2.05) is 43.8 Å². The molecule has 0 amide bonds. The minimum Gasteiger partial charge on any atom is -0.272 e. The standard InChI is InChI=1S/C17H25N3O2S/c1-5-7-15-8-10-16(11-9-15)23(21,22)19-14(4)17-12-20(6-2)18-13(17)3/h8-12,14,19H,5-7H2,1-4H3. The summed E-state index contributed by atoms with van der Waals surface area (Å²) in [7, 11) is -3.54. The fourth-order valence-corrected chi connectivity index (χ4v) is 3.83. The van der Waals surface area contributed by atoms with Gasteiger partial charge >= 0.3 is 0 Å². The third-order valence-corrected chi connectivity index (χ3v) is 5.44. The van der Waals surface area contributed by atoms with Crippen molar-refractivity contribution in [2.24, 2.45) is 0 Å². The maximum atomic E-state index is 12.5. The molecule has 6 heteroatoms. The molecule has 0 saturated carbocycles. The molecule has 0 aliphatic rings. The van der Waals surface area contributed by atoms with Gasteiger partial charge in [-0.05, 0) is 44.9 Å². The molecule has 0 aliphatic heterocycles. The number of sulfonamides is 1. The van der Waals surface area contributed by atoms with Crippen molar-refractivity contribution in [2.75, 3.05) is 0 Å². The van der Waals surface area contributed by atoms with Crippen LogP contribution >= 0.6 is 0 Å². The first-order chi connectivity index (χ1) is 10.9. The third-order valence-electron chi connectivity index (χ3n) is 3.88. The van der Waals surface area contributed by atoms with Crippen LogP contribution in [0.25, 0.3) is 0 Å². The summed E-state index contributed by atoms with van der Waals surface area (Å²) >= 11 is 0. The van der Waals surface area contributed by atoms with Gasteiger partial charge in [0.15, 0.2) is 0 Å². The molecule has 2 rings (SSSR count). The molecule has 1 heterocycles. The fraction of sp³-hybridized carbons (Fsp3) is 0.471. The first kappa shape index (κ1) is 17.7. The molecule has 2 aromatic rings. The molecule has 1 atom stereocenters. The van der Waals surface area contributed by atoms with Crippen LogP contribution in [0.5, 0.6) is 0 Å². The Hall–Kier alpha value is -1.66. The molecule has 1 aromatic heterocycles. The second-order valence-electron chi connectivity index (χ2n) is 5.76. The molecular weight excluding hydrogens is 310 g/mol. The number of aryl methyl sites for hydroxylation is 3. The second-order valence-corrected chi connectivity index (χ2v) is 7.48. The molecular formula is C17H25N3O2S. The van der Waals surface area contributed by atoms with Crippen LogP contribution in [0.1, 0.15) is 50.1 Å². The molecule has 23 heavy (non-hydrogen) atoms. The molecule has 0 aliphatic carbocycles. The molecule has 0 saturated heterocycles. The van der Waals surface area contributed by atoms with Gasteiger partial charge in [0.05, 0.1) is 10.6 Å². The number of hydrogen-bond donors (Lipinski definition) is 1. The van der Waals surface area contributed by atoms with Gasteiger partial charge in [0, 0.05) is 24.3 Å². The summed E-state index contributed by atoms with van der Waals surface area (Å²) in [5.41, 5.74) is 2.90. The lowest BCUT2D eigenvalue weighted by molar-refractivity contribution is 0.566. The summed E-state index contributed by atoms with van der Waals surface area (Å²) in [5, 5.41) is 4.37. The van der Waals surface area contributed by atoms with E-state index in [-0.39, 0.29) is 6.04 Å². The highest BCUT2D eigenvalue weighted by molar-refractivity contribution is 7.89. The molecule has 1 N–H and O–H groups in total. The summed E-state index contributed by atoms with van der Waals surface area (Å²) in [6.45, 7) is 8.60. The smallest absolute Gasteiger partial charge is 0.241 e. The normalized spacial score (nSPS) is 13.2. The molecule has 1 aromatic carbocycles. The van der Waals surface area contributed by atoms with Gasteiger partial charge in [0.25, 0.3) is 0 Å². The highest BCUT2D eigenvalue weighted by Gasteiger charge is 2.20. The predicted molar refractivity (Wildman–Crippen MR) is 91.8 cm³/mol. The summed E-state index contributed by atoms with van der Waals surface area (Å²) in [5.74, 6) is 0. The lowest BCUT2D eigenvalue weighted by atomic mass is 10.1. The Kier molecular flexibility index (Phi) is 5.59. The fourth-order valence-electron chi connectivity index (χ4n) is 2.61. The van der Waals surface area contributed by atoms with E-state index in [1.54, 1.807) is 12.1 Å². The first-order valence-electron chi connectivity index (χ1n) is 8.02. The van der Waals surface area contributed by atoms with Gasteiger partial charge in [-0.15, -0.1) is 0 Å². The molecule has 5 nitrogen and oxygen atoms in total. The summed E-state index contributed by atoms with van der Waals surface area (Å²) < 4.78 is 29.6. The van der Waals surface area contributed by atoms with Gasteiger partial charge < -0.3 is 0 Å². The average Bonchev–Trinajstić information content (AvgIpc) is 2.89. The zero-order valence-electron chi connectivity index (χ0n) is 14.2. The molecule has 1 unspecified atom stereocenters. The van der Waals surface area contributed by atoms with Crippen molar-refractivity contribution >= 4 is 10.0 Å². The van der Waals surface area contributed by atoms with Crippen molar-refractivity contribution in [3.8, 4) is 0 Å². The quantitative estimate of drug-likeness (QED) is 0.845. The van der Waals surface area contributed by atoms with Gasteiger partial charge in [-0.25, -0.2) is 13.1 Å². The highest BCUT2D eigenvalue weighted by atomic mass is 32.2. The van der Waals surface area contributed by atoms with Gasteiger partial charge in [-0.1, -0.05) is 25.5 Å². The van der Waals surface area contributed by atoms with Crippen molar-refractivity contribution in [1.82, 2.24) is 14.5 Å². The van der Waals surface area contributed by atoms with Crippen LogP contribution in [0.4, 0.5) is 0 Å². The largest absolute Gasteiger partial charge is 0.272 e. The van der Waals surface area contributed by atoms with Crippen LogP contribution in [0, 0.1) is 6.92 Å². The van der Waals surface area contributed by atoms with Crippen molar-refractivity contribution in [3.05, 3.63) is 47.3 Å². The first-order valence-corrected chi connectivity index (χ1v) is 9.51. The van der Waals surface area contributed by atoms with Crippen molar-refractivity contribution in [3.63, 3.8) is 0 Å². The molecule has 0 spiro atoms.